The zero-order valence-corrected chi connectivity index (χ0v) is 35.0. The number of benzene rings is 5. The van der Waals surface area contributed by atoms with Crippen molar-refractivity contribution in [3.05, 3.63) is 171 Å². The molecule has 6 aromatic rings. The molecule has 1 aromatic heterocycles. The van der Waals surface area contributed by atoms with E-state index in [4.69, 9.17) is 21.1 Å². The van der Waals surface area contributed by atoms with Gasteiger partial charge in [-0.15, -0.1) is 11.3 Å². The number of rotatable bonds is 15. The number of nitrogens with zero attached hydrogens (tertiary/aromatic N) is 3. The van der Waals surface area contributed by atoms with E-state index < -0.39 is 17.8 Å². The maximum atomic E-state index is 14.7. The fourth-order valence-corrected chi connectivity index (χ4v) is 8.53. The van der Waals surface area contributed by atoms with Crippen molar-refractivity contribution >= 4 is 52.2 Å². The van der Waals surface area contributed by atoms with E-state index in [2.05, 4.69) is 15.6 Å². The van der Waals surface area contributed by atoms with Crippen LogP contribution in [0.5, 0.6) is 17.2 Å². The topological polar surface area (TPSA) is 182 Å². The van der Waals surface area contributed by atoms with Crippen LogP contribution in [0.2, 0.25) is 0 Å². The third-order valence-corrected chi connectivity index (χ3v) is 11.8. The SMILES string of the molecule is Cc1ccc(C2C(C=O)c3ccccc3C(=O)N2c2cccc(/C(N)=C/N(N)CCOc3cc4c(cc3Oc3ccc(C=O)c(F)c3)C(CC(=O)Nc3nccs3)NCC4)c2)cc1. The van der Waals surface area contributed by atoms with E-state index >= 15 is 0 Å². The molecule has 320 valence electrons. The third-order valence-electron chi connectivity index (χ3n) is 11.1. The van der Waals surface area contributed by atoms with Gasteiger partial charge >= 0.3 is 0 Å². The molecule has 2 aliphatic rings. The Morgan fingerprint density at radius 1 is 1.02 bits per heavy atom. The van der Waals surface area contributed by atoms with E-state index in [-0.39, 0.29) is 54.5 Å². The number of carbonyl (C=O) groups is 4. The molecule has 63 heavy (non-hydrogen) atoms. The van der Waals surface area contributed by atoms with Crippen LogP contribution < -0.4 is 36.6 Å². The molecule has 6 N–H and O–H groups in total. The maximum Gasteiger partial charge on any atom is 0.259 e. The second-order valence-corrected chi connectivity index (χ2v) is 16.1. The molecule has 5 aromatic carbocycles. The van der Waals surface area contributed by atoms with Crippen LogP contribution in [0, 0.1) is 12.7 Å². The average molecular weight is 866 g/mol. The van der Waals surface area contributed by atoms with Gasteiger partial charge in [-0.2, -0.15) is 0 Å². The highest BCUT2D eigenvalue weighted by Gasteiger charge is 2.41. The first-order valence-electron chi connectivity index (χ1n) is 20.3. The van der Waals surface area contributed by atoms with Crippen molar-refractivity contribution in [2.45, 2.75) is 37.8 Å². The first kappa shape index (κ1) is 42.5. The Hall–Kier alpha value is -7.20. The Kier molecular flexibility index (Phi) is 12.7. The van der Waals surface area contributed by atoms with Gasteiger partial charge < -0.3 is 35.6 Å². The molecule has 2 aliphatic heterocycles. The number of carbonyl (C=O) groups excluding carboxylic acids is 4. The minimum atomic E-state index is -0.737. The quantitative estimate of drug-likeness (QED) is 0.0453. The molecule has 13 nitrogen and oxygen atoms in total. The van der Waals surface area contributed by atoms with Gasteiger partial charge in [0.05, 0.1) is 29.8 Å². The first-order valence-corrected chi connectivity index (χ1v) is 21.2. The summed E-state index contributed by atoms with van der Waals surface area (Å²) in [5, 5.41) is 9.90. The molecule has 8 rings (SSSR count). The number of anilines is 2. The van der Waals surface area contributed by atoms with E-state index in [1.807, 2.05) is 61.5 Å². The van der Waals surface area contributed by atoms with E-state index in [1.165, 1.54) is 28.5 Å². The van der Waals surface area contributed by atoms with Crippen molar-refractivity contribution in [2.24, 2.45) is 11.6 Å². The van der Waals surface area contributed by atoms with Crippen molar-refractivity contribution < 1.29 is 33.0 Å². The summed E-state index contributed by atoms with van der Waals surface area (Å²) in [4.78, 5) is 57.1. The lowest BCUT2D eigenvalue weighted by Crippen LogP contribution is -2.43. The van der Waals surface area contributed by atoms with E-state index in [0.717, 1.165) is 34.6 Å². The molecule has 3 unspecified atom stereocenters. The fourth-order valence-electron chi connectivity index (χ4n) is 7.99. The van der Waals surface area contributed by atoms with E-state index in [0.29, 0.717) is 58.2 Å². The molecular formula is C48H44FN7O6S. The van der Waals surface area contributed by atoms with Crippen LogP contribution in [0.25, 0.3) is 5.70 Å². The van der Waals surface area contributed by atoms with Crippen LogP contribution in [-0.4, -0.2) is 54.1 Å². The van der Waals surface area contributed by atoms with Crippen LogP contribution in [0.15, 0.2) is 121 Å². The number of nitrogens with two attached hydrogens (primary N) is 2. The number of ether oxygens (including phenoxy) is 2. The molecule has 0 aliphatic carbocycles. The van der Waals surface area contributed by atoms with Crippen LogP contribution in [0.3, 0.4) is 0 Å². The summed E-state index contributed by atoms with van der Waals surface area (Å²) in [6, 6.07) is 28.9. The lowest BCUT2D eigenvalue weighted by atomic mass is 9.80. The average Bonchev–Trinajstić information content (AvgIpc) is 3.80. The number of halogens is 1. The number of hydrogen-bond donors (Lipinski definition) is 4. The normalized spacial score (nSPS) is 17.0. The lowest BCUT2D eigenvalue weighted by molar-refractivity contribution is -0.116. The number of amides is 2. The van der Waals surface area contributed by atoms with Crippen LogP contribution in [0.4, 0.5) is 15.2 Å². The molecule has 3 atom stereocenters. The van der Waals surface area contributed by atoms with Crippen molar-refractivity contribution in [3.8, 4) is 17.2 Å². The zero-order chi connectivity index (χ0) is 44.0. The molecular weight excluding hydrogens is 822 g/mol. The number of thiazole rings is 1. The smallest absolute Gasteiger partial charge is 0.259 e. The number of hydrazine groups is 1. The molecule has 0 bridgehead atoms. The lowest BCUT2D eigenvalue weighted by Gasteiger charge is -2.40. The summed E-state index contributed by atoms with van der Waals surface area (Å²) < 4.78 is 27.1. The Morgan fingerprint density at radius 3 is 2.60 bits per heavy atom. The standard InChI is InChI=1S/C48H44FN7O6S/c1-29-9-11-30(12-10-29)46-39(28-58)36-7-2-3-8-37(36)47(60)56(46)34-6-4-5-32(21-34)41(50)26-55(51)18-19-61-43-22-31-15-16-52-42(25-45(59)54-48-53-17-20-63-48)38(31)24-44(43)62-35-14-13-33(27-57)40(49)23-35/h2-14,17,20-24,26-28,39,42,46,52H,15-16,18-19,25,50-51H2,1H3,(H,53,54,59)/b41-26-. The summed E-state index contributed by atoms with van der Waals surface area (Å²) >= 11 is 1.33. The van der Waals surface area contributed by atoms with Gasteiger partial charge in [-0.3, -0.25) is 19.3 Å². The Morgan fingerprint density at radius 2 is 1.84 bits per heavy atom. The predicted molar refractivity (Wildman–Crippen MR) is 239 cm³/mol. The molecule has 0 saturated carbocycles. The highest BCUT2D eigenvalue weighted by atomic mass is 32.1. The summed E-state index contributed by atoms with van der Waals surface area (Å²) in [6.45, 7) is 2.86. The molecule has 0 fully saturated rings. The van der Waals surface area contributed by atoms with Crippen molar-refractivity contribution in [2.75, 3.05) is 29.9 Å². The minimum Gasteiger partial charge on any atom is -0.488 e. The second-order valence-electron chi connectivity index (χ2n) is 15.2. The predicted octanol–water partition coefficient (Wildman–Crippen LogP) is 7.61. The number of fused-ring (bicyclic) bond motifs is 2. The summed E-state index contributed by atoms with van der Waals surface area (Å²) in [6.07, 6.45) is 5.29. The summed E-state index contributed by atoms with van der Waals surface area (Å²) in [7, 11) is 0. The fraction of sp³-hybridized carbons (Fsp3) is 0.188. The maximum absolute atomic E-state index is 14.7. The number of aromatic nitrogens is 1. The third kappa shape index (κ3) is 9.35. The Labute approximate surface area is 367 Å². The number of aryl methyl sites for hydroxylation is 1. The van der Waals surface area contributed by atoms with Crippen molar-refractivity contribution in [1.29, 1.82) is 0 Å². The zero-order valence-electron chi connectivity index (χ0n) is 34.2. The number of nitrogens with one attached hydrogen (secondary N) is 2. The van der Waals surface area contributed by atoms with Crippen LogP contribution in [-0.2, 0) is 16.0 Å². The van der Waals surface area contributed by atoms with Gasteiger partial charge in [-0.25, -0.2) is 15.2 Å². The first-order chi connectivity index (χ1) is 30.6. The van der Waals surface area contributed by atoms with Gasteiger partial charge in [0.2, 0.25) is 5.91 Å². The van der Waals surface area contributed by atoms with E-state index in [1.54, 1.807) is 53.0 Å². The van der Waals surface area contributed by atoms with Gasteiger partial charge in [0, 0.05) is 53.1 Å². The van der Waals surface area contributed by atoms with Crippen LogP contribution in [0.1, 0.15) is 78.5 Å². The minimum absolute atomic E-state index is 0.0822. The Bertz CT molecular complexity index is 2690. The van der Waals surface area contributed by atoms with Gasteiger partial charge in [0.1, 0.15) is 24.5 Å². The second kappa shape index (κ2) is 18.8. The molecule has 2 amide bonds. The highest BCUT2D eigenvalue weighted by molar-refractivity contribution is 7.13. The molecule has 15 heteroatoms. The number of aldehydes is 2. The number of hydrogen-bond acceptors (Lipinski definition) is 12. The summed E-state index contributed by atoms with van der Waals surface area (Å²) in [5.74, 6) is 5.44. The van der Waals surface area contributed by atoms with Gasteiger partial charge in [0.15, 0.2) is 22.9 Å². The molecule has 0 saturated heterocycles. The van der Waals surface area contributed by atoms with Crippen LogP contribution >= 0.6 is 11.3 Å². The Balaban J connectivity index is 1.01. The van der Waals surface area contributed by atoms with Crippen molar-refractivity contribution in [1.82, 2.24) is 15.3 Å². The summed E-state index contributed by atoms with van der Waals surface area (Å²) in [5.41, 5.74) is 12.8. The largest absolute Gasteiger partial charge is 0.488 e. The molecule has 3 heterocycles. The van der Waals surface area contributed by atoms with Gasteiger partial charge in [-0.05, 0) is 84.6 Å². The van der Waals surface area contributed by atoms with Gasteiger partial charge in [-0.1, -0.05) is 60.2 Å². The van der Waals surface area contributed by atoms with Gasteiger partial charge in [0.25, 0.3) is 5.91 Å². The van der Waals surface area contributed by atoms with Crippen molar-refractivity contribution in [3.63, 3.8) is 0 Å². The monoisotopic (exact) mass is 865 g/mol. The molecule has 0 radical (unpaired) electrons. The molecule has 0 spiro atoms. The van der Waals surface area contributed by atoms with E-state index in [9.17, 15) is 23.6 Å². The highest BCUT2D eigenvalue weighted by Crippen LogP contribution is 2.44.